The van der Waals surface area contributed by atoms with Crippen LogP contribution in [0.25, 0.3) is 87.9 Å². The summed E-state index contributed by atoms with van der Waals surface area (Å²) in [6.07, 6.45) is 1.86. The van der Waals surface area contributed by atoms with Gasteiger partial charge in [-0.25, -0.2) is 4.79 Å². The maximum Gasteiger partial charge on any atom is 0.337 e. The first-order valence-electron chi connectivity index (χ1n) is 26.7. The number of aryl methyl sites for hydroxylation is 2. The molecule has 10 aromatic rings. The number of anilines is 1. The molecule has 1 aliphatic rings. The Kier molecular flexibility index (Phi) is 13.5. The van der Waals surface area contributed by atoms with Crippen molar-refractivity contribution in [1.82, 2.24) is 14.8 Å². The molecule has 0 aliphatic carbocycles. The Morgan fingerprint density at radius 3 is 2.19 bits per heavy atom. The average molecular weight is 1090 g/mol. The third-order valence-electron chi connectivity index (χ3n) is 14.8. The van der Waals surface area contributed by atoms with E-state index in [0.29, 0.717) is 62.0 Å². The van der Waals surface area contributed by atoms with Gasteiger partial charge in [-0.05, 0) is 181 Å². The van der Waals surface area contributed by atoms with Crippen LogP contribution >= 0.6 is 11.6 Å². The highest BCUT2D eigenvalue weighted by atomic mass is 35.5. The lowest BCUT2D eigenvalue weighted by atomic mass is 9.82. The topological polar surface area (TPSA) is 162 Å². The molecular weight excluding hydrogens is 1020 g/mol. The van der Waals surface area contributed by atoms with Crippen LogP contribution in [0, 0.1) is 13.8 Å². The minimum absolute atomic E-state index is 0.275. The van der Waals surface area contributed by atoms with Crippen LogP contribution in [0.2, 0.25) is 5.02 Å². The molecule has 2 atom stereocenters. The SMILES string of the molecule is CC(=O)Nc1c(C)c(CC(=O)O)c(-c2c(OC(C)(C)C)cc3c4c(ccnc24)CC(c2cc4cc(C)c(C(OC(C)(C)C)C(=O)O)c(-c5ccc(Cl)cc5)c4cc2-c2cccc(-c4ccc5c(cnn5C)c4)c2)O3)c2ccccc12. The van der Waals surface area contributed by atoms with E-state index in [0.717, 1.165) is 87.9 Å². The zero-order chi connectivity index (χ0) is 56.7. The maximum absolute atomic E-state index is 13.5. The molecule has 12 nitrogen and oxygen atoms in total. The second-order valence-electron chi connectivity index (χ2n) is 22.8. The molecule has 1 aliphatic heterocycles. The number of nitrogens with one attached hydrogen (secondary N) is 1. The third kappa shape index (κ3) is 9.98. The van der Waals surface area contributed by atoms with E-state index in [1.54, 1.807) is 6.20 Å². The fourth-order valence-electron chi connectivity index (χ4n) is 11.6. The van der Waals surface area contributed by atoms with Crippen LogP contribution in [-0.4, -0.2) is 54.0 Å². The first-order valence-corrected chi connectivity index (χ1v) is 27.0. The van der Waals surface area contributed by atoms with Crippen LogP contribution < -0.4 is 14.8 Å². The number of carboxylic acid groups (broad SMARTS) is 2. The summed E-state index contributed by atoms with van der Waals surface area (Å²) in [4.78, 5) is 44.2. The van der Waals surface area contributed by atoms with E-state index in [-0.39, 0.29) is 12.3 Å². The van der Waals surface area contributed by atoms with Crippen LogP contribution in [0.3, 0.4) is 0 Å². The van der Waals surface area contributed by atoms with Crippen molar-refractivity contribution >= 4 is 78.5 Å². The van der Waals surface area contributed by atoms with Gasteiger partial charge >= 0.3 is 11.9 Å². The van der Waals surface area contributed by atoms with Crippen molar-refractivity contribution in [2.75, 3.05) is 5.32 Å². The molecule has 2 aromatic heterocycles. The monoisotopic (exact) mass is 1080 g/mol. The van der Waals surface area contributed by atoms with Gasteiger partial charge in [-0.15, -0.1) is 0 Å². The quantitative estimate of drug-likeness (QED) is 0.107. The smallest absolute Gasteiger partial charge is 0.337 e. The van der Waals surface area contributed by atoms with E-state index in [2.05, 4.69) is 65.0 Å². The van der Waals surface area contributed by atoms with Gasteiger partial charge in [-0.1, -0.05) is 78.3 Å². The molecule has 0 spiro atoms. The molecular formula is C67H61ClN4O8. The van der Waals surface area contributed by atoms with Crippen molar-refractivity contribution in [2.45, 2.75) is 98.6 Å². The predicted molar refractivity (Wildman–Crippen MR) is 318 cm³/mol. The van der Waals surface area contributed by atoms with Gasteiger partial charge in [0.15, 0.2) is 6.10 Å². The number of hydrogen-bond acceptors (Lipinski definition) is 8. The molecule has 0 bridgehead atoms. The van der Waals surface area contributed by atoms with E-state index in [1.165, 1.54) is 6.92 Å². The Hall–Kier alpha value is -8.58. The highest BCUT2D eigenvalue weighted by molar-refractivity contribution is 6.30. The summed E-state index contributed by atoms with van der Waals surface area (Å²) in [6.45, 7) is 16.7. The molecule has 8 aromatic carbocycles. The number of hydrogen-bond donors (Lipinski definition) is 3. The summed E-state index contributed by atoms with van der Waals surface area (Å²) in [5, 5.41) is 34.5. The number of fused-ring (bicyclic) bond motifs is 3. The number of carbonyl (C=O) groups excluding carboxylic acids is 1. The zero-order valence-electron chi connectivity index (χ0n) is 46.3. The number of aromatic nitrogens is 3. The number of amides is 1. The molecule has 3 N–H and O–H groups in total. The van der Waals surface area contributed by atoms with Crippen LogP contribution in [0.1, 0.15) is 94.1 Å². The van der Waals surface area contributed by atoms with Gasteiger partial charge in [0.05, 0.1) is 40.5 Å². The van der Waals surface area contributed by atoms with E-state index >= 15 is 0 Å². The van der Waals surface area contributed by atoms with E-state index in [9.17, 15) is 24.6 Å². The normalized spacial score (nSPS) is 13.9. The van der Waals surface area contributed by atoms with Crippen LogP contribution in [0.15, 0.2) is 134 Å². The number of rotatable bonds is 12. The van der Waals surface area contributed by atoms with Gasteiger partial charge in [0, 0.05) is 65.0 Å². The Morgan fingerprint density at radius 1 is 0.775 bits per heavy atom. The highest BCUT2D eigenvalue weighted by Gasteiger charge is 2.35. The van der Waals surface area contributed by atoms with Gasteiger partial charge in [0.2, 0.25) is 5.91 Å². The standard InChI is InChI=1S/C67H61ClN4O8/c1-35-26-43-29-51(53-30-42-24-25-69-63-59(42)54(78-53)33-55(79-66(4,5)6)61(63)60-46-16-11-12-17-47(46)62(71-37(3)73)36(2)48(60)32-56(74)75)49(41-15-13-14-39(27-41)40-20-23-52-44(28-40)34-70-72(52)10)31-50(43)58(38-18-21-45(68)22-19-38)57(35)64(65(76)77)80-67(7,8)9/h11-29,31,33-34,53,64H,30,32H2,1-10H3,(H,71,73)(H,74,75)(H,76,77). The van der Waals surface area contributed by atoms with Crippen molar-refractivity contribution in [2.24, 2.45) is 7.05 Å². The Bertz CT molecular complexity index is 4210. The van der Waals surface area contributed by atoms with E-state index < -0.39 is 35.3 Å². The van der Waals surface area contributed by atoms with Gasteiger partial charge in [0.25, 0.3) is 0 Å². The van der Waals surface area contributed by atoms with Gasteiger partial charge in [-0.2, -0.15) is 5.10 Å². The number of ether oxygens (including phenoxy) is 3. The first-order chi connectivity index (χ1) is 38.0. The number of carboxylic acids is 2. The fourth-order valence-corrected chi connectivity index (χ4v) is 11.8. The summed E-state index contributed by atoms with van der Waals surface area (Å²) in [5.41, 5.74) is 11.5. The average Bonchev–Trinajstić information content (AvgIpc) is 3.93. The van der Waals surface area contributed by atoms with Crippen molar-refractivity contribution < 1.29 is 38.8 Å². The number of nitrogens with zero attached hydrogens (tertiary/aromatic N) is 3. The van der Waals surface area contributed by atoms with E-state index in [4.69, 9.17) is 30.8 Å². The molecule has 404 valence electrons. The van der Waals surface area contributed by atoms with Crippen molar-refractivity contribution in [3.8, 4) is 56.0 Å². The Labute approximate surface area is 468 Å². The van der Waals surface area contributed by atoms with E-state index in [1.807, 2.05) is 140 Å². The summed E-state index contributed by atoms with van der Waals surface area (Å²) in [5.74, 6) is -1.42. The maximum atomic E-state index is 13.5. The Balaban J connectivity index is 1.17. The molecule has 80 heavy (non-hydrogen) atoms. The van der Waals surface area contributed by atoms with Crippen molar-refractivity contribution in [3.05, 3.63) is 172 Å². The van der Waals surface area contributed by atoms with Crippen molar-refractivity contribution in [1.29, 1.82) is 0 Å². The first kappa shape index (κ1) is 53.4. The number of pyridine rings is 1. The van der Waals surface area contributed by atoms with Crippen molar-refractivity contribution in [3.63, 3.8) is 0 Å². The van der Waals surface area contributed by atoms with Gasteiger partial charge in [0.1, 0.15) is 23.2 Å². The molecule has 3 heterocycles. The number of aliphatic carboxylic acids is 2. The lowest BCUT2D eigenvalue weighted by molar-refractivity contribution is -0.160. The second kappa shape index (κ2) is 20.3. The van der Waals surface area contributed by atoms with Crippen LogP contribution in [-0.2, 0) is 39.0 Å². The molecule has 2 unspecified atom stereocenters. The van der Waals surface area contributed by atoms with Crippen LogP contribution in [0.5, 0.6) is 11.5 Å². The van der Waals surface area contributed by atoms with Gasteiger partial charge < -0.3 is 29.7 Å². The molecule has 0 saturated carbocycles. The minimum atomic E-state index is -1.31. The lowest BCUT2D eigenvalue weighted by Crippen LogP contribution is -2.28. The molecule has 0 fully saturated rings. The number of benzene rings is 8. The largest absolute Gasteiger partial charge is 0.487 e. The second-order valence-corrected chi connectivity index (χ2v) is 23.3. The summed E-state index contributed by atoms with van der Waals surface area (Å²) in [6, 6.07) is 40.2. The summed E-state index contributed by atoms with van der Waals surface area (Å²) >= 11 is 6.54. The van der Waals surface area contributed by atoms with Gasteiger partial charge in [-0.3, -0.25) is 19.3 Å². The minimum Gasteiger partial charge on any atom is -0.487 e. The molecule has 0 radical (unpaired) electrons. The zero-order valence-corrected chi connectivity index (χ0v) is 47.1. The lowest BCUT2D eigenvalue weighted by Gasteiger charge is -2.32. The molecule has 11 rings (SSSR count). The summed E-state index contributed by atoms with van der Waals surface area (Å²) in [7, 11) is 1.93. The third-order valence-corrected chi connectivity index (χ3v) is 15.1. The Morgan fingerprint density at radius 2 is 1.49 bits per heavy atom. The summed E-state index contributed by atoms with van der Waals surface area (Å²) < 4.78 is 22.7. The van der Waals surface area contributed by atoms with Crippen LogP contribution in [0.4, 0.5) is 5.69 Å². The highest BCUT2D eigenvalue weighted by Crippen LogP contribution is 2.53. The molecule has 0 saturated heterocycles. The molecule has 1 amide bonds. The number of carbonyl (C=O) groups is 3. The fraction of sp³-hybridized carbons (Fsp3) is 0.239. The molecule has 13 heteroatoms. The predicted octanol–water partition coefficient (Wildman–Crippen LogP) is 15.7. The number of halogens is 1.